The van der Waals surface area contributed by atoms with E-state index in [1.54, 1.807) is 12.1 Å². The summed E-state index contributed by atoms with van der Waals surface area (Å²) in [5.74, 6) is -0.166. The summed E-state index contributed by atoms with van der Waals surface area (Å²) in [4.78, 5) is 16.0. The summed E-state index contributed by atoms with van der Waals surface area (Å²) in [5.41, 5.74) is 1.32. The van der Waals surface area contributed by atoms with E-state index in [1.807, 2.05) is 6.92 Å². The highest BCUT2D eigenvalue weighted by Gasteiger charge is 2.08. The van der Waals surface area contributed by atoms with Crippen molar-refractivity contribution >= 4 is 17.5 Å². The van der Waals surface area contributed by atoms with Crippen molar-refractivity contribution in [3.05, 3.63) is 28.5 Å². The third-order valence-electron chi connectivity index (χ3n) is 2.46. The van der Waals surface area contributed by atoms with Crippen LogP contribution in [0.15, 0.2) is 12.1 Å². The van der Waals surface area contributed by atoms with E-state index in [1.165, 1.54) is 0 Å². The number of nitrogens with one attached hydrogen (secondary N) is 1. The van der Waals surface area contributed by atoms with Crippen molar-refractivity contribution in [2.45, 2.75) is 19.8 Å². The van der Waals surface area contributed by atoms with Crippen molar-refractivity contribution in [1.82, 2.24) is 10.3 Å². The van der Waals surface area contributed by atoms with E-state index < -0.39 is 0 Å². The fourth-order valence-electron chi connectivity index (χ4n) is 1.51. The van der Waals surface area contributed by atoms with Gasteiger partial charge in [-0.1, -0.05) is 18.5 Å². The van der Waals surface area contributed by atoms with Crippen LogP contribution in [0, 0.1) is 0 Å². The van der Waals surface area contributed by atoms with Crippen molar-refractivity contribution in [3.8, 4) is 0 Å². The third-order valence-corrected chi connectivity index (χ3v) is 2.65. The van der Waals surface area contributed by atoms with Crippen LogP contribution in [0.5, 0.6) is 0 Å². The minimum absolute atomic E-state index is 0.0155. The summed E-state index contributed by atoms with van der Waals surface area (Å²) in [7, 11) is 0. The Morgan fingerprint density at radius 2 is 2.26 bits per heavy atom. The van der Waals surface area contributed by atoms with E-state index in [-0.39, 0.29) is 12.5 Å². The standard InChI is InChI=1S/C13H19ClN2O3/c1-2-11-8-10(9-12(14)16-11)13(18)15-4-3-6-19-7-5-17/h8-9,17H,2-7H2,1H3,(H,15,18). The van der Waals surface area contributed by atoms with Crippen LogP contribution in [0.1, 0.15) is 29.4 Å². The summed E-state index contributed by atoms with van der Waals surface area (Å²) in [6.07, 6.45) is 1.43. The van der Waals surface area contributed by atoms with E-state index in [0.717, 1.165) is 12.1 Å². The number of aryl methyl sites for hydroxylation is 1. The first-order chi connectivity index (χ1) is 9.17. The van der Waals surface area contributed by atoms with Crippen LogP contribution in [-0.4, -0.2) is 42.4 Å². The second kappa shape index (κ2) is 8.85. The second-order valence-corrected chi connectivity index (χ2v) is 4.36. The minimum Gasteiger partial charge on any atom is -0.394 e. The van der Waals surface area contributed by atoms with E-state index in [0.29, 0.717) is 36.9 Å². The number of pyridine rings is 1. The molecule has 0 saturated heterocycles. The monoisotopic (exact) mass is 286 g/mol. The number of aromatic nitrogens is 1. The molecule has 0 spiro atoms. The Hall–Kier alpha value is -1.17. The molecule has 1 aromatic heterocycles. The van der Waals surface area contributed by atoms with E-state index in [9.17, 15) is 4.79 Å². The predicted molar refractivity (Wildman–Crippen MR) is 73.5 cm³/mol. The maximum atomic E-state index is 11.9. The number of rotatable bonds is 8. The first kappa shape index (κ1) is 15.9. The van der Waals surface area contributed by atoms with Gasteiger partial charge < -0.3 is 15.2 Å². The Kier molecular flexibility index (Phi) is 7.40. The van der Waals surface area contributed by atoms with Gasteiger partial charge in [-0.15, -0.1) is 0 Å². The van der Waals surface area contributed by atoms with Gasteiger partial charge in [-0.2, -0.15) is 0 Å². The predicted octanol–water partition coefficient (Wildman–Crippen LogP) is 1.43. The van der Waals surface area contributed by atoms with Crippen LogP contribution in [0.25, 0.3) is 0 Å². The molecule has 0 radical (unpaired) electrons. The molecule has 19 heavy (non-hydrogen) atoms. The van der Waals surface area contributed by atoms with Gasteiger partial charge >= 0.3 is 0 Å². The minimum atomic E-state index is -0.166. The molecule has 1 rings (SSSR count). The van der Waals surface area contributed by atoms with Gasteiger partial charge in [0.2, 0.25) is 0 Å². The number of amides is 1. The molecule has 0 saturated carbocycles. The lowest BCUT2D eigenvalue weighted by molar-refractivity contribution is 0.0867. The molecule has 0 aromatic carbocycles. The van der Waals surface area contributed by atoms with Crippen molar-refractivity contribution < 1.29 is 14.6 Å². The fourth-order valence-corrected chi connectivity index (χ4v) is 1.73. The second-order valence-electron chi connectivity index (χ2n) is 3.97. The SMILES string of the molecule is CCc1cc(C(=O)NCCCOCCO)cc(Cl)n1. The van der Waals surface area contributed by atoms with E-state index in [4.69, 9.17) is 21.4 Å². The average Bonchev–Trinajstić information content (AvgIpc) is 2.41. The molecule has 0 aliphatic carbocycles. The molecule has 1 amide bonds. The van der Waals surface area contributed by atoms with Gasteiger partial charge in [-0.05, 0) is 25.0 Å². The van der Waals surface area contributed by atoms with Crippen LogP contribution < -0.4 is 5.32 Å². The smallest absolute Gasteiger partial charge is 0.251 e. The third kappa shape index (κ3) is 6.00. The summed E-state index contributed by atoms with van der Waals surface area (Å²) < 4.78 is 5.09. The molecule has 0 unspecified atom stereocenters. The van der Waals surface area contributed by atoms with Crippen molar-refractivity contribution in [2.75, 3.05) is 26.4 Å². The van der Waals surface area contributed by atoms with Gasteiger partial charge in [-0.3, -0.25) is 4.79 Å². The molecule has 1 aromatic rings. The Bertz CT molecular complexity index is 413. The molecular formula is C13H19ClN2O3. The first-order valence-electron chi connectivity index (χ1n) is 6.30. The highest BCUT2D eigenvalue weighted by Crippen LogP contribution is 2.11. The number of aliphatic hydroxyl groups excluding tert-OH is 1. The number of hydrogen-bond donors (Lipinski definition) is 2. The van der Waals surface area contributed by atoms with E-state index in [2.05, 4.69) is 10.3 Å². The van der Waals surface area contributed by atoms with Gasteiger partial charge in [0.25, 0.3) is 5.91 Å². The molecule has 106 valence electrons. The normalized spacial score (nSPS) is 10.5. The Balaban J connectivity index is 2.39. The van der Waals surface area contributed by atoms with Crippen molar-refractivity contribution in [2.24, 2.45) is 0 Å². The molecule has 1 heterocycles. The largest absolute Gasteiger partial charge is 0.394 e. The number of nitrogens with zero attached hydrogens (tertiary/aromatic N) is 1. The number of carbonyl (C=O) groups is 1. The molecular weight excluding hydrogens is 268 g/mol. The molecule has 0 bridgehead atoms. The van der Waals surface area contributed by atoms with Gasteiger partial charge in [0, 0.05) is 24.4 Å². The number of aliphatic hydroxyl groups is 1. The molecule has 6 heteroatoms. The zero-order chi connectivity index (χ0) is 14.1. The Morgan fingerprint density at radius 1 is 1.47 bits per heavy atom. The number of halogens is 1. The van der Waals surface area contributed by atoms with Crippen LogP contribution in [0.4, 0.5) is 0 Å². The van der Waals surface area contributed by atoms with Crippen LogP contribution in [-0.2, 0) is 11.2 Å². The Labute approximate surface area is 117 Å². The molecule has 2 N–H and O–H groups in total. The van der Waals surface area contributed by atoms with Crippen molar-refractivity contribution in [3.63, 3.8) is 0 Å². The number of carbonyl (C=O) groups excluding carboxylic acids is 1. The van der Waals surface area contributed by atoms with Gasteiger partial charge in [0.1, 0.15) is 5.15 Å². The first-order valence-corrected chi connectivity index (χ1v) is 6.68. The fraction of sp³-hybridized carbons (Fsp3) is 0.538. The summed E-state index contributed by atoms with van der Waals surface area (Å²) >= 11 is 5.86. The zero-order valence-corrected chi connectivity index (χ0v) is 11.7. The number of ether oxygens (including phenoxy) is 1. The van der Waals surface area contributed by atoms with Gasteiger partial charge in [0.05, 0.1) is 13.2 Å². The Morgan fingerprint density at radius 3 is 2.95 bits per heavy atom. The maximum absolute atomic E-state index is 11.9. The molecule has 0 aliphatic heterocycles. The van der Waals surface area contributed by atoms with Gasteiger partial charge in [-0.25, -0.2) is 4.98 Å². The molecule has 0 atom stereocenters. The molecule has 0 aliphatic rings. The summed E-state index contributed by atoms with van der Waals surface area (Å²) in [5, 5.41) is 11.6. The van der Waals surface area contributed by atoms with Crippen LogP contribution in [0.3, 0.4) is 0 Å². The highest BCUT2D eigenvalue weighted by molar-refractivity contribution is 6.29. The lowest BCUT2D eigenvalue weighted by Crippen LogP contribution is -2.25. The molecule has 0 fully saturated rings. The zero-order valence-electron chi connectivity index (χ0n) is 11.0. The average molecular weight is 287 g/mol. The van der Waals surface area contributed by atoms with Crippen LogP contribution in [0.2, 0.25) is 5.15 Å². The quantitative estimate of drug-likeness (QED) is 0.560. The maximum Gasteiger partial charge on any atom is 0.251 e. The van der Waals surface area contributed by atoms with Crippen molar-refractivity contribution in [1.29, 1.82) is 0 Å². The lowest BCUT2D eigenvalue weighted by Gasteiger charge is -2.07. The summed E-state index contributed by atoms with van der Waals surface area (Å²) in [6.45, 7) is 3.33. The van der Waals surface area contributed by atoms with Gasteiger partial charge in [0.15, 0.2) is 0 Å². The topological polar surface area (TPSA) is 71.5 Å². The van der Waals surface area contributed by atoms with Crippen LogP contribution >= 0.6 is 11.6 Å². The highest BCUT2D eigenvalue weighted by atomic mass is 35.5. The molecule has 5 nitrogen and oxygen atoms in total. The number of hydrogen-bond acceptors (Lipinski definition) is 4. The summed E-state index contributed by atoms with van der Waals surface area (Å²) in [6, 6.07) is 3.29. The van der Waals surface area contributed by atoms with E-state index >= 15 is 0 Å². The lowest BCUT2D eigenvalue weighted by atomic mass is 10.2.